The van der Waals surface area contributed by atoms with Crippen molar-refractivity contribution in [3.8, 4) is 0 Å². The number of anilines is 2. The highest BCUT2D eigenvalue weighted by Gasteiger charge is 2.15. The first kappa shape index (κ1) is 15.2. The molecule has 2 N–H and O–H groups in total. The number of pyridine rings is 1. The van der Waals surface area contributed by atoms with Crippen molar-refractivity contribution in [3.63, 3.8) is 0 Å². The Balaban J connectivity index is 2.15. The van der Waals surface area contributed by atoms with E-state index < -0.39 is 0 Å². The van der Waals surface area contributed by atoms with E-state index in [0.29, 0.717) is 16.0 Å². The molecule has 0 radical (unpaired) electrons. The molecule has 0 saturated heterocycles. The third-order valence-electron chi connectivity index (χ3n) is 2.32. The Morgan fingerprint density at radius 2 is 2.30 bits per heavy atom. The second kappa shape index (κ2) is 7.01. The molecule has 0 atom stereocenters. The Kier molecular flexibility index (Phi) is 5.33. The lowest BCUT2D eigenvalue weighted by Crippen LogP contribution is -2.15. The first-order valence-electron chi connectivity index (χ1n) is 5.93. The summed E-state index contributed by atoms with van der Waals surface area (Å²) in [5.74, 6) is 0.249. The van der Waals surface area contributed by atoms with Gasteiger partial charge in [-0.05, 0) is 34.5 Å². The van der Waals surface area contributed by atoms with Crippen LogP contribution in [-0.2, 0) is 0 Å². The van der Waals surface area contributed by atoms with Crippen LogP contribution >= 0.6 is 38.9 Å². The van der Waals surface area contributed by atoms with Gasteiger partial charge >= 0.3 is 0 Å². The predicted molar refractivity (Wildman–Crippen MR) is 85.8 cm³/mol. The molecule has 0 aliphatic heterocycles. The Hall–Kier alpha value is -1.18. The highest BCUT2D eigenvalue weighted by molar-refractivity contribution is 9.11. The average Bonchev–Trinajstić information content (AvgIpc) is 2.83. The van der Waals surface area contributed by atoms with Crippen LogP contribution in [0.5, 0.6) is 0 Å². The normalized spacial score (nSPS) is 10.3. The number of carbonyl (C=O) groups excluding carboxylic acids is 1. The van der Waals surface area contributed by atoms with E-state index in [2.05, 4.69) is 43.5 Å². The van der Waals surface area contributed by atoms with Gasteiger partial charge in [0, 0.05) is 6.54 Å². The average molecular weight is 376 g/mol. The van der Waals surface area contributed by atoms with E-state index in [1.165, 1.54) is 11.3 Å². The molecule has 106 valence electrons. The zero-order valence-corrected chi connectivity index (χ0v) is 13.8. The summed E-state index contributed by atoms with van der Waals surface area (Å²) >= 11 is 10.6. The summed E-state index contributed by atoms with van der Waals surface area (Å²) in [7, 11) is 0. The van der Waals surface area contributed by atoms with Crippen LogP contribution < -0.4 is 10.6 Å². The molecule has 0 aliphatic rings. The largest absolute Gasteiger partial charge is 0.370 e. The summed E-state index contributed by atoms with van der Waals surface area (Å²) in [4.78, 5) is 20.4. The van der Waals surface area contributed by atoms with Gasteiger partial charge < -0.3 is 5.32 Å². The molecule has 1 amide bonds. The van der Waals surface area contributed by atoms with Gasteiger partial charge in [-0.25, -0.2) is 9.97 Å². The summed E-state index contributed by atoms with van der Waals surface area (Å²) < 4.78 is 0.838. The molecule has 0 saturated carbocycles. The Morgan fingerprint density at radius 3 is 2.95 bits per heavy atom. The van der Waals surface area contributed by atoms with Crippen LogP contribution in [0.2, 0.25) is 5.02 Å². The van der Waals surface area contributed by atoms with Crippen molar-refractivity contribution in [1.82, 2.24) is 9.97 Å². The number of hydrogen-bond acceptors (Lipinski definition) is 5. The summed E-state index contributed by atoms with van der Waals surface area (Å²) in [5, 5.41) is 6.58. The lowest BCUT2D eigenvalue weighted by Gasteiger charge is -2.07. The molecule has 0 aromatic carbocycles. The SMILES string of the molecule is CCCNc1ccc(Cl)c(C(=O)Nc2ncc(Br)s2)n1. The minimum absolute atomic E-state index is 0.180. The number of halogens is 2. The first-order chi connectivity index (χ1) is 9.60. The quantitative estimate of drug-likeness (QED) is 0.828. The van der Waals surface area contributed by atoms with Gasteiger partial charge in [-0.2, -0.15) is 0 Å². The minimum Gasteiger partial charge on any atom is -0.370 e. The zero-order valence-electron chi connectivity index (χ0n) is 10.6. The summed E-state index contributed by atoms with van der Waals surface area (Å²) in [6, 6.07) is 3.40. The fraction of sp³-hybridized carbons (Fsp3) is 0.250. The molecule has 20 heavy (non-hydrogen) atoms. The summed E-state index contributed by atoms with van der Waals surface area (Å²) in [6.45, 7) is 2.84. The Bertz CT molecular complexity index is 619. The number of nitrogens with one attached hydrogen (secondary N) is 2. The monoisotopic (exact) mass is 374 g/mol. The van der Waals surface area contributed by atoms with Crippen molar-refractivity contribution in [2.45, 2.75) is 13.3 Å². The molecular weight excluding hydrogens is 364 g/mol. The molecule has 0 fully saturated rings. The third-order valence-corrected chi connectivity index (χ3v) is 4.01. The maximum absolute atomic E-state index is 12.1. The first-order valence-corrected chi connectivity index (χ1v) is 7.92. The van der Waals surface area contributed by atoms with Gasteiger partial charge in [0.15, 0.2) is 5.13 Å². The minimum atomic E-state index is -0.378. The standard InChI is InChI=1S/C12H12BrClN4OS/c1-2-5-15-9-4-3-7(14)10(17-9)11(19)18-12-16-6-8(13)20-12/h3-4,6H,2,5H2,1H3,(H,15,17)(H,16,18,19). The molecule has 0 bridgehead atoms. The van der Waals surface area contributed by atoms with Gasteiger partial charge in [0.05, 0.1) is 15.0 Å². The highest BCUT2D eigenvalue weighted by atomic mass is 79.9. The molecule has 2 aromatic rings. The number of nitrogens with zero attached hydrogens (tertiary/aromatic N) is 2. The van der Waals surface area contributed by atoms with Crippen LogP contribution in [0.25, 0.3) is 0 Å². The van der Waals surface area contributed by atoms with Crippen LogP contribution in [0.15, 0.2) is 22.1 Å². The zero-order chi connectivity index (χ0) is 14.5. The number of rotatable bonds is 5. The second-order valence-corrected chi connectivity index (χ2v) is 6.69. The maximum Gasteiger partial charge on any atom is 0.277 e. The molecule has 0 spiro atoms. The fourth-order valence-corrected chi connectivity index (χ4v) is 2.71. The molecule has 2 heterocycles. The van der Waals surface area contributed by atoms with Gasteiger partial charge in [0.2, 0.25) is 0 Å². The molecule has 5 nitrogen and oxygen atoms in total. The Morgan fingerprint density at radius 1 is 1.50 bits per heavy atom. The van der Waals surface area contributed by atoms with Crippen LogP contribution in [-0.4, -0.2) is 22.4 Å². The van der Waals surface area contributed by atoms with Crippen molar-refractivity contribution < 1.29 is 4.79 Å². The molecule has 2 aromatic heterocycles. The van der Waals surface area contributed by atoms with Crippen molar-refractivity contribution in [2.75, 3.05) is 17.2 Å². The number of thiazole rings is 1. The van der Waals surface area contributed by atoms with E-state index in [9.17, 15) is 4.79 Å². The second-order valence-electron chi connectivity index (χ2n) is 3.88. The van der Waals surface area contributed by atoms with E-state index in [1.807, 2.05) is 0 Å². The summed E-state index contributed by atoms with van der Waals surface area (Å²) in [5.41, 5.74) is 0.180. The smallest absolute Gasteiger partial charge is 0.277 e. The molecule has 8 heteroatoms. The number of hydrogen-bond donors (Lipinski definition) is 2. The molecule has 0 aliphatic carbocycles. The van der Waals surface area contributed by atoms with E-state index in [0.717, 1.165) is 16.8 Å². The maximum atomic E-state index is 12.1. The summed E-state index contributed by atoms with van der Waals surface area (Å²) in [6.07, 6.45) is 2.59. The van der Waals surface area contributed by atoms with E-state index >= 15 is 0 Å². The van der Waals surface area contributed by atoms with E-state index in [-0.39, 0.29) is 11.6 Å². The van der Waals surface area contributed by atoms with Gasteiger partial charge in [-0.1, -0.05) is 29.9 Å². The van der Waals surface area contributed by atoms with Crippen molar-refractivity contribution in [3.05, 3.63) is 32.8 Å². The Labute approximate surface area is 133 Å². The van der Waals surface area contributed by atoms with Crippen LogP contribution in [0.1, 0.15) is 23.8 Å². The number of carbonyl (C=O) groups is 1. The highest BCUT2D eigenvalue weighted by Crippen LogP contribution is 2.24. The van der Waals surface area contributed by atoms with Crippen molar-refractivity contribution >= 4 is 55.7 Å². The number of aromatic nitrogens is 2. The molecular formula is C12H12BrClN4OS. The van der Waals surface area contributed by atoms with E-state index in [1.54, 1.807) is 18.3 Å². The lowest BCUT2D eigenvalue weighted by atomic mass is 10.3. The van der Waals surface area contributed by atoms with Crippen molar-refractivity contribution in [1.29, 1.82) is 0 Å². The fourth-order valence-electron chi connectivity index (χ4n) is 1.42. The van der Waals surface area contributed by atoms with Gasteiger partial charge in [-0.3, -0.25) is 10.1 Å². The van der Waals surface area contributed by atoms with Crippen LogP contribution in [0.4, 0.5) is 10.9 Å². The topological polar surface area (TPSA) is 66.9 Å². The molecule has 2 rings (SSSR count). The lowest BCUT2D eigenvalue weighted by molar-refractivity contribution is 0.102. The number of amides is 1. The van der Waals surface area contributed by atoms with Gasteiger partial charge in [0.1, 0.15) is 11.5 Å². The van der Waals surface area contributed by atoms with Crippen LogP contribution in [0.3, 0.4) is 0 Å². The van der Waals surface area contributed by atoms with Gasteiger partial charge in [0.25, 0.3) is 5.91 Å². The van der Waals surface area contributed by atoms with E-state index in [4.69, 9.17) is 11.6 Å². The van der Waals surface area contributed by atoms with Crippen molar-refractivity contribution in [2.24, 2.45) is 0 Å². The van der Waals surface area contributed by atoms with Crippen LogP contribution in [0, 0.1) is 0 Å². The predicted octanol–water partition coefficient (Wildman–Crippen LogP) is 4.03. The third kappa shape index (κ3) is 3.91. The van der Waals surface area contributed by atoms with Gasteiger partial charge in [-0.15, -0.1) is 0 Å². The molecule has 0 unspecified atom stereocenters.